The second-order valence-corrected chi connectivity index (χ2v) is 4.42. The van der Waals surface area contributed by atoms with Crippen molar-refractivity contribution in [3.8, 4) is 11.4 Å². The molecule has 0 saturated heterocycles. The zero-order valence-electron chi connectivity index (χ0n) is 11.0. The van der Waals surface area contributed by atoms with E-state index in [1.54, 1.807) is 13.0 Å². The molecule has 0 saturated carbocycles. The normalized spacial score (nSPS) is 10.4. The van der Waals surface area contributed by atoms with Crippen LogP contribution in [0.2, 0.25) is 5.02 Å². The van der Waals surface area contributed by atoms with Gasteiger partial charge in [0.05, 0.1) is 11.5 Å². The number of aromatic amines is 1. The lowest BCUT2D eigenvalue weighted by atomic mass is 10.2. The minimum atomic E-state index is -0.585. The molecule has 0 unspecified atom stereocenters. The molecule has 2 aromatic rings. The van der Waals surface area contributed by atoms with Gasteiger partial charge in [0, 0.05) is 11.6 Å². The third-order valence-corrected chi connectivity index (χ3v) is 2.87. The average Bonchev–Trinajstić information content (AvgIpc) is 2.87. The maximum atomic E-state index is 11.3. The molecular weight excluding hydrogens is 300 g/mol. The number of carbonyl (C=O) groups is 1. The number of aromatic nitrogens is 3. The number of nitrogens with zero attached hydrogens (tertiary/aromatic N) is 3. The molecule has 0 bridgehead atoms. The molecule has 0 aliphatic rings. The molecule has 0 spiro atoms. The Balaban J connectivity index is 2.23. The van der Waals surface area contributed by atoms with E-state index in [2.05, 4.69) is 15.2 Å². The zero-order chi connectivity index (χ0) is 15.4. The summed E-state index contributed by atoms with van der Waals surface area (Å²) in [5.74, 6) is 0.136. The average molecular weight is 311 g/mol. The van der Waals surface area contributed by atoms with Gasteiger partial charge in [-0.15, -0.1) is 0 Å². The van der Waals surface area contributed by atoms with E-state index in [0.29, 0.717) is 11.4 Å². The first-order valence-electron chi connectivity index (χ1n) is 6.02. The van der Waals surface area contributed by atoms with Gasteiger partial charge in [-0.1, -0.05) is 11.6 Å². The molecule has 1 N–H and O–H groups in total. The van der Waals surface area contributed by atoms with Crippen LogP contribution in [0.25, 0.3) is 11.4 Å². The Bertz CT molecular complexity index is 686. The van der Waals surface area contributed by atoms with Crippen molar-refractivity contribution in [3.05, 3.63) is 39.2 Å². The first-order chi connectivity index (χ1) is 10.0. The summed E-state index contributed by atoms with van der Waals surface area (Å²) in [5, 5.41) is 17.4. The van der Waals surface area contributed by atoms with E-state index in [0.717, 1.165) is 0 Å². The third kappa shape index (κ3) is 3.54. The van der Waals surface area contributed by atoms with Crippen molar-refractivity contribution < 1.29 is 14.5 Å². The Hall–Kier alpha value is -2.48. The number of benzene rings is 1. The third-order valence-electron chi connectivity index (χ3n) is 2.55. The first kappa shape index (κ1) is 14.9. The van der Waals surface area contributed by atoms with Gasteiger partial charge < -0.3 is 4.74 Å². The topological polar surface area (TPSA) is 111 Å². The predicted molar refractivity (Wildman–Crippen MR) is 73.8 cm³/mol. The second-order valence-electron chi connectivity index (χ2n) is 4.01. The molecule has 0 atom stereocenters. The molecule has 9 heteroatoms. The van der Waals surface area contributed by atoms with Crippen molar-refractivity contribution in [3.63, 3.8) is 0 Å². The highest BCUT2D eigenvalue weighted by Crippen LogP contribution is 2.28. The molecule has 0 radical (unpaired) electrons. The van der Waals surface area contributed by atoms with Crippen LogP contribution >= 0.6 is 11.6 Å². The van der Waals surface area contributed by atoms with Crippen LogP contribution in [-0.4, -0.2) is 32.7 Å². The standard InChI is InChI=1S/C12H11ClN4O4/c1-2-21-11(18)6-10-14-12(16-15-10)7-3-4-8(13)9(5-7)17(19)20/h3-5H,2,6H2,1H3,(H,14,15,16). The van der Waals surface area contributed by atoms with E-state index in [-0.39, 0.29) is 29.6 Å². The predicted octanol–water partition coefficient (Wildman–Crippen LogP) is 2.14. The minimum absolute atomic E-state index is 0.0334. The summed E-state index contributed by atoms with van der Waals surface area (Å²) in [7, 11) is 0. The van der Waals surface area contributed by atoms with E-state index in [1.165, 1.54) is 12.1 Å². The highest BCUT2D eigenvalue weighted by atomic mass is 35.5. The largest absolute Gasteiger partial charge is 0.466 e. The zero-order valence-corrected chi connectivity index (χ0v) is 11.8. The Morgan fingerprint density at radius 2 is 2.29 bits per heavy atom. The van der Waals surface area contributed by atoms with Gasteiger partial charge in [-0.3, -0.25) is 20.0 Å². The highest BCUT2D eigenvalue weighted by molar-refractivity contribution is 6.32. The smallest absolute Gasteiger partial charge is 0.313 e. The van der Waals surface area contributed by atoms with Crippen molar-refractivity contribution in [2.24, 2.45) is 0 Å². The Morgan fingerprint density at radius 1 is 1.52 bits per heavy atom. The van der Waals surface area contributed by atoms with Crippen LogP contribution in [0, 0.1) is 10.1 Å². The first-order valence-corrected chi connectivity index (χ1v) is 6.40. The molecule has 1 aromatic heterocycles. The maximum Gasteiger partial charge on any atom is 0.313 e. The Morgan fingerprint density at radius 3 is 2.95 bits per heavy atom. The van der Waals surface area contributed by atoms with Crippen LogP contribution in [0.15, 0.2) is 18.2 Å². The van der Waals surface area contributed by atoms with Gasteiger partial charge in [0.25, 0.3) is 5.69 Å². The van der Waals surface area contributed by atoms with Crippen molar-refractivity contribution in [2.75, 3.05) is 6.61 Å². The number of ether oxygens (including phenoxy) is 1. The number of halogens is 1. The maximum absolute atomic E-state index is 11.3. The second kappa shape index (κ2) is 6.31. The Labute approximate surface area is 124 Å². The lowest BCUT2D eigenvalue weighted by Gasteiger charge is -1.98. The van der Waals surface area contributed by atoms with E-state index in [9.17, 15) is 14.9 Å². The SMILES string of the molecule is CCOC(=O)Cc1nc(-c2ccc(Cl)c([N+](=O)[O-])c2)n[nH]1. The fourth-order valence-corrected chi connectivity index (χ4v) is 1.83. The molecule has 0 fully saturated rings. The summed E-state index contributed by atoms with van der Waals surface area (Å²) < 4.78 is 4.79. The summed E-state index contributed by atoms with van der Waals surface area (Å²) in [6, 6.07) is 4.24. The Kier molecular flexibility index (Phi) is 4.49. The molecular formula is C12H11ClN4O4. The molecule has 110 valence electrons. The van der Waals surface area contributed by atoms with E-state index < -0.39 is 10.9 Å². The number of hydrogen-bond donors (Lipinski definition) is 1. The molecule has 8 nitrogen and oxygen atoms in total. The number of esters is 1. The number of rotatable bonds is 5. The molecule has 2 rings (SSSR count). The number of nitrogens with one attached hydrogen (secondary N) is 1. The monoisotopic (exact) mass is 310 g/mol. The number of nitro groups is 1. The highest BCUT2D eigenvalue weighted by Gasteiger charge is 2.16. The van der Waals surface area contributed by atoms with Gasteiger partial charge in [-0.2, -0.15) is 5.10 Å². The number of H-pyrrole nitrogens is 1. The molecule has 0 aliphatic carbocycles. The molecule has 0 amide bonds. The van der Waals surface area contributed by atoms with Crippen LogP contribution < -0.4 is 0 Å². The lowest BCUT2D eigenvalue weighted by Crippen LogP contribution is -2.08. The number of hydrogen-bond acceptors (Lipinski definition) is 6. The van der Waals surface area contributed by atoms with Crippen LogP contribution in [0.4, 0.5) is 5.69 Å². The fraction of sp³-hybridized carbons (Fsp3) is 0.250. The van der Waals surface area contributed by atoms with E-state index in [4.69, 9.17) is 16.3 Å². The van der Waals surface area contributed by atoms with Crippen LogP contribution in [0.3, 0.4) is 0 Å². The van der Waals surface area contributed by atoms with Gasteiger partial charge in [-0.25, -0.2) is 4.98 Å². The van der Waals surface area contributed by atoms with E-state index in [1.807, 2.05) is 0 Å². The van der Waals surface area contributed by atoms with Crippen LogP contribution in [0.5, 0.6) is 0 Å². The van der Waals surface area contributed by atoms with Gasteiger partial charge in [0.15, 0.2) is 5.82 Å². The summed E-state index contributed by atoms with van der Waals surface area (Å²) >= 11 is 5.74. The summed E-state index contributed by atoms with van der Waals surface area (Å²) in [5.41, 5.74) is 0.198. The van der Waals surface area contributed by atoms with Gasteiger partial charge in [0.1, 0.15) is 17.3 Å². The van der Waals surface area contributed by atoms with E-state index >= 15 is 0 Å². The van der Waals surface area contributed by atoms with Crippen molar-refractivity contribution in [1.82, 2.24) is 15.2 Å². The molecule has 21 heavy (non-hydrogen) atoms. The molecule has 1 heterocycles. The fourth-order valence-electron chi connectivity index (χ4n) is 1.64. The van der Waals surface area contributed by atoms with Crippen molar-refractivity contribution in [2.45, 2.75) is 13.3 Å². The number of nitro benzene ring substituents is 1. The summed E-state index contributed by atoms with van der Waals surface area (Å²) in [4.78, 5) is 25.7. The van der Waals surface area contributed by atoms with Gasteiger partial charge >= 0.3 is 5.97 Å². The minimum Gasteiger partial charge on any atom is -0.466 e. The van der Waals surface area contributed by atoms with Crippen molar-refractivity contribution in [1.29, 1.82) is 0 Å². The van der Waals surface area contributed by atoms with Gasteiger partial charge in [0.2, 0.25) is 0 Å². The lowest BCUT2D eigenvalue weighted by molar-refractivity contribution is -0.384. The van der Waals surface area contributed by atoms with Crippen LogP contribution in [-0.2, 0) is 16.0 Å². The number of carbonyl (C=O) groups excluding carboxylic acids is 1. The molecule has 1 aromatic carbocycles. The summed E-state index contributed by atoms with van der Waals surface area (Å²) in [6.45, 7) is 1.99. The van der Waals surface area contributed by atoms with Crippen LogP contribution in [0.1, 0.15) is 12.7 Å². The summed E-state index contributed by atoms with van der Waals surface area (Å²) in [6.07, 6.45) is -0.0451. The molecule has 0 aliphatic heterocycles. The quantitative estimate of drug-likeness (QED) is 0.514. The van der Waals surface area contributed by atoms with Crippen molar-refractivity contribution >= 4 is 23.3 Å². The van der Waals surface area contributed by atoms with Gasteiger partial charge in [-0.05, 0) is 19.1 Å².